The van der Waals surface area contributed by atoms with E-state index in [2.05, 4.69) is 72.5 Å². The van der Waals surface area contributed by atoms with Crippen molar-refractivity contribution in [3.63, 3.8) is 0 Å². The molecule has 0 bridgehead atoms. The van der Waals surface area contributed by atoms with Crippen LogP contribution in [0.15, 0.2) is 49.1 Å². The van der Waals surface area contributed by atoms with Crippen molar-refractivity contribution in [1.29, 1.82) is 0 Å². The van der Waals surface area contributed by atoms with Gasteiger partial charge in [-0.15, -0.1) is 0 Å². The molecule has 1 N–H and O–H groups in total. The number of unbranched alkanes of at least 4 members (excludes halogenated alkanes) is 13. The summed E-state index contributed by atoms with van der Waals surface area (Å²) in [5, 5.41) is 0. The summed E-state index contributed by atoms with van der Waals surface area (Å²) in [4.78, 5) is 3.27. The highest BCUT2D eigenvalue weighted by Crippen LogP contribution is 2.26. The predicted molar refractivity (Wildman–Crippen MR) is 139 cm³/mol. The van der Waals surface area contributed by atoms with Crippen molar-refractivity contribution in [2.75, 3.05) is 0 Å². The summed E-state index contributed by atoms with van der Waals surface area (Å²) < 4.78 is 2.43. The van der Waals surface area contributed by atoms with E-state index in [-0.39, 0.29) is 0 Å². The molecule has 1 aromatic heterocycles. The molecule has 0 aliphatic carbocycles. The van der Waals surface area contributed by atoms with Crippen molar-refractivity contribution >= 4 is 0 Å². The molecule has 180 valence electrons. The van der Waals surface area contributed by atoms with Crippen molar-refractivity contribution in [2.24, 2.45) is 5.92 Å². The molecule has 0 saturated carbocycles. The smallest absolute Gasteiger partial charge is 0.241 e. The first-order chi connectivity index (χ1) is 15.8. The highest BCUT2D eigenvalue weighted by Gasteiger charge is 2.25. The van der Waals surface area contributed by atoms with Gasteiger partial charge in [-0.25, -0.2) is 4.57 Å². The molecule has 2 aromatic rings. The SMILES string of the molecule is CCCCCCCCCCCCCCCCC(C(CC)Cc1ccccc1)[n+]1cc[nH]c1. The number of aromatic nitrogens is 2. The molecule has 2 atom stereocenters. The van der Waals surface area contributed by atoms with Crippen molar-refractivity contribution in [3.05, 3.63) is 54.6 Å². The highest BCUT2D eigenvalue weighted by molar-refractivity contribution is 5.15. The molecule has 0 aliphatic heterocycles. The van der Waals surface area contributed by atoms with E-state index in [1.54, 1.807) is 0 Å². The molecular weight excluding hydrogens is 388 g/mol. The number of nitrogens with one attached hydrogen (secondary N) is 1. The van der Waals surface area contributed by atoms with Gasteiger partial charge in [-0.1, -0.05) is 128 Å². The lowest BCUT2D eigenvalue weighted by Gasteiger charge is -2.24. The average molecular weight is 440 g/mol. The Balaban J connectivity index is 1.58. The van der Waals surface area contributed by atoms with Gasteiger partial charge in [-0.05, 0) is 31.2 Å². The van der Waals surface area contributed by atoms with Crippen LogP contribution in [0.1, 0.15) is 128 Å². The van der Waals surface area contributed by atoms with Crippen LogP contribution in [-0.2, 0) is 6.42 Å². The minimum absolute atomic E-state index is 0.601. The number of hydrogen-bond donors (Lipinski definition) is 1. The Morgan fingerprint density at radius 2 is 1.28 bits per heavy atom. The number of nitrogens with zero attached hydrogens (tertiary/aromatic N) is 1. The molecule has 1 aromatic carbocycles. The van der Waals surface area contributed by atoms with E-state index in [0.717, 1.165) is 0 Å². The lowest BCUT2D eigenvalue weighted by Crippen LogP contribution is -2.42. The van der Waals surface area contributed by atoms with Gasteiger partial charge in [-0.3, -0.25) is 4.98 Å². The maximum absolute atomic E-state index is 3.27. The molecule has 2 unspecified atom stereocenters. The Bertz CT molecular complexity index is 634. The summed E-state index contributed by atoms with van der Waals surface area (Å²) in [5.74, 6) is 0.695. The number of imidazole rings is 1. The summed E-state index contributed by atoms with van der Waals surface area (Å²) >= 11 is 0. The van der Waals surface area contributed by atoms with Crippen LogP contribution in [-0.4, -0.2) is 4.98 Å². The normalized spacial score (nSPS) is 13.3. The van der Waals surface area contributed by atoms with Crippen molar-refractivity contribution in [1.82, 2.24) is 4.98 Å². The van der Waals surface area contributed by atoms with E-state index in [1.165, 1.54) is 115 Å². The molecular formula is C30H51N2+. The van der Waals surface area contributed by atoms with Gasteiger partial charge in [0.25, 0.3) is 0 Å². The standard InChI is InChI=1S/C30H50N2/c1-3-5-6-7-8-9-10-11-12-13-14-15-16-20-23-30(32-25-24-31-27-32)29(4-2)26-28-21-18-17-19-22-28/h17-19,21-22,24-25,27,29-30H,3-16,20,23,26H2,1-2H3/p+1. The molecule has 0 spiro atoms. The van der Waals surface area contributed by atoms with Crippen molar-refractivity contribution in [2.45, 2.75) is 129 Å². The van der Waals surface area contributed by atoms with E-state index >= 15 is 0 Å². The second kappa shape index (κ2) is 17.9. The summed E-state index contributed by atoms with van der Waals surface area (Å²) in [6.45, 7) is 4.66. The highest BCUT2D eigenvalue weighted by atomic mass is 15.1. The molecule has 0 aliphatic rings. The molecule has 2 rings (SSSR count). The molecule has 0 saturated heterocycles. The Hall–Kier alpha value is -1.57. The summed E-state index contributed by atoms with van der Waals surface area (Å²) in [6.07, 6.45) is 30.2. The van der Waals surface area contributed by atoms with Crippen LogP contribution in [0, 0.1) is 5.92 Å². The van der Waals surface area contributed by atoms with E-state index in [9.17, 15) is 0 Å². The zero-order valence-electron chi connectivity index (χ0n) is 21.2. The fraction of sp³-hybridized carbons (Fsp3) is 0.700. The molecule has 0 amide bonds. The van der Waals surface area contributed by atoms with Crippen molar-refractivity contribution in [3.8, 4) is 0 Å². The first-order valence-electron chi connectivity index (χ1n) is 13.9. The van der Waals surface area contributed by atoms with E-state index in [0.29, 0.717) is 12.0 Å². The first kappa shape index (κ1) is 26.7. The lowest BCUT2D eigenvalue weighted by molar-refractivity contribution is -0.730. The quantitative estimate of drug-likeness (QED) is 0.157. The van der Waals surface area contributed by atoms with Crippen LogP contribution in [0.5, 0.6) is 0 Å². The minimum Gasteiger partial charge on any atom is -0.250 e. The number of rotatable bonds is 20. The lowest BCUT2D eigenvalue weighted by atomic mass is 9.86. The second-order valence-corrected chi connectivity index (χ2v) is 9.87. The van der Waals surface area contributed by atoms with Gasteiger partial charge in [0.05, 0.1) is 0 Å². The van der Waals surface area contributed by atoms with Crippen LogP contribution >= 0.6 is 0 Å². The Morgan fingerprint density at radius 1 is 0.719 bits per heavy atom. The van der Waals surface area contributed by atoms with Gasteiger partial charge < -0.3 is 0 Å². The van der Waals surface area contributed by atoms with Gasteiger partial charge in [-0.2, -0.15) is 0 Å². The van der Waals surface area contributed by atoms with Gasteiger partial charge in [0.1, 0.15) is 18.4 Å². The Kier molecular flexibility index (Phi) is 14.9. The number of benzene rings is 1. The van der Waals surface area contributed by atoms with Gasteiger partial charge in [0.15, 0.2) is 0 Å². The topological polar surface area (TPSA) is 19.7 Å². The van der Waals surface area contributed by atoms with E-state index in [1.807, 2.05) is 0 Å². The van der Waals surface area contributed by atoms with E-state index < -0.39 is 0 Å². The number of hydrogen-bond acceptors (Lipinski definition) is 0. The first-order valence-corrected chi connectivity index (χ1v) is 13.9. The van der Waals surface area contributed by atoms with Crippen LogP contribution in [0.25, 0.3) is 0 Å². The summed E-state index contributed by atoms with van der Waals surface area (Å²) in [7, 11) is 0. The monoisotopic (exact) mass is 439 g/mol. The van der Waals surface area contributed by atoms with Gasteiger partial charge in [0.2, 0.25) is 6.33 Å². The largest absolute Gasteiger partial charge is 0.250 e. The summed E-state index contributed by atoms with van der Waals surface area (Å²) in [5.41, 5.74) is 1.47. The molecule has 2 heteroatoms. The third-order valence-electron chi connectivity index (χ3n) is 7.21. The fourth-order valence-electron chi connectivity index (χ4n) is 5.15. The summed E-state index contributed by atoms with van der Waals surface area (Å²) in [6, 6.07) is 11.6. The van der Waals surface area contributed by atoms with Crippen LogP contribution in [0.3, 0.4) is 0 Å². The number of aromatic amines is 1. The molecule has 1 heterocycles. The Labute approximate surface area is 199 Å². The molecule has 0 fully saturated rings. The van der Waals surface area contributed by atoms with Crippen LogP contribution in [0.2, 0.25) is 0 Å². The third-order valence-corrected chi connectivity index (χ3v) is 7.21. The predicted octanol–water partition coefficient (Wildman–Crippen LogP) is 8.98. The maximum Gasteiger partial charge on any atom is 0.241 e. The van der Waals surface area contributed by atoms with Crippen molar-refractivity contribution < 1.29 is 4.57 Å². The fourth-order valence-corrected chi connectivity index (χ4v) is 5.15. The second-order valence-electron chi connectivity index (χ2n) is 9.87. The zero-order chi connectivity index (χ0) is 22.7. The van der Waals surface area contributed by atoms with Crippen LogP contribution in [0.4, 0.5) is 0 Å². The minimum atomic E-state index is 0.601. The van der Waals surface area contributed by atoms with Crippen LogP contribution < -0.4 is 4.57 Å². The molecule has 0 radical (unpaired) electrons. The number of H-pyrrole nitrogens is 1. The third kappa shape index (κ3) is 11.3. The zero-order valence-corrected chi connectivity index (χ0v) is 21.2. The van der Waals surface area contributed by atoms with E-state index in [4.69, 9.17) is 0 Å². The van der Waals surface area contributed by atoms with Gasteiger partial charge in [0, 0.05) is 5.92 Å². The van der Waals surface area contributed by atoms with Gasteiger partial charge >= 0.3 is 0 Å². The molecule has 32 heavy (non-hydrogen) atoms. The Morgan fingerprint density at radius 3 is 1.78 bits per heavy atom. The average Bonchev–Trinajstić information content (AvgIpc) is 3.36. The molecule has 2 nitrogen and oxygen atoms in total. The maximum atomic E-state index is 3.27.